The maximum atomic E-state index is 8.48. The summed E-state index contributed by atoms with van der Waals surface area (Å²) in [4.78, 5) is 0. The molecule has 0 aromatic carbocycles. The molecular formula is C5H9Cl2NSi. The van der Waals surface area contributed by atoms with Gasteiger partial charge in [-0.05, 0) is 13.0 Å². The highest BCUT2D eigenvalue weighted by Crippen LogP contribution is 2.31. The van der Waals surface area contributed by atoms with Gasteiger partial charge in [-0.25, -0.2) is 0 Å². The molecule has 0 saturated carbocycles. The average molecular weight is 182 g/mol. The molecule has 0 aliphatic carbocycles. The average Bonchev–Trinajstić information content (AvgIpc) is 1.65. The lowest BCUT2D eigenvalue weighted by Gasteiger charge is -2.13. The van der Waals surface area contributed by atoms with Gasteiger partial charge in [0.2, 0.25) is 0 Å². The van der Waals surface area contributed by atoms with Gasteiger partial charge in [-0.1, -0.05) is 6.92 Å². The molecule has 0 saturated heterocycles. The van der Waals surface area contributed by atoms with Crippen LogP contribution in [0.25, 0.3) is 0 Å². The minimum Gasteiger partial charge on any atom is -0.198 e. The van der Waals surface area contributed by atoms with Gasteiger partial charge in [-0.3, -0.25) is 0 Å². The second kappa shape index (κ2) is 3.45. The van der Waals surface area contributed by atoms with Crippen molar-refractivity contribution in [3.05, 3.63) is 0 Å². The fourth-order valence-electron chi connectivity index (χ4n) is 0.563. The summed E-state index contributed by atoms with van der Waals surface area (Å²) in [5.41, 5.74) is -0.124. The summed E-state index contributed by atoms with van der Waals surface area (Å²) >= 11 is 11.6. The fourth-order valence-corrected chi connectivity index (χ4v) is 2.73. The van der Waals surface area contributed by atoms with Gasteiger partial charge < -0.3 is 0 Å². The zero-order chi connectivity index (χ0) is 7.49. The van der Waals surface area contributed by atoms with Crippen molar-refractivity contribution in [3.8, 4) is 6.07 Å². The molecule has 0 heterocycles. The van der Waals surface area contributed by atoms with Crippen LogP contribution in [-0.4, -0.2) is 6.69 Å². The highest BCUT2D eigenvalue weighted by Gasteiger charge is 2.31. The molecule has 1 unspecified atom stereocenters. The molecule has 0 aliphatic heterocycles. The SMILES string of the molecule is CCC(C#N)[Si](C)(Cl)Cl. The molecule has 0 spiro atoms. The normalized spacial score (nSPS) is 14.6. The zero-order valence-electron chi connectivity index (χ0n) is 5.49. The van der Waals surface area contributed by atoms with E-state index in [0.29, 0.717) is 0 Å². The van der Waals surface area contributed by atoms with E-state index in [9.17, 15) is 0 Å². The molecule has 9 heavy (non-hydrogen) atoms. The van der Waals surface area contributed by atoms with E-state index in [0.717, 1.165) is 6.42 Å². The third kappa shape index (κ3) is 3.10. The largest absolute Gasteiger partial charge is 0.264 e. The second-order valence-electron chi connectivity index (χ2n) is 2.05. The highest BCUT2D eigenvalue weighted by molar-refractivity contribution is 7.45. The summed E-state index contributed by atoms with van der Waals surface area (Å²) in [6.07, 6.45) is 0.756. The van der Waals surface area contributed by atoms with E-state index >= 15 is 0 Å². The Balaban J connectivity index is 4.00. The maximum Gasteiger partial charge on any atom is 0.264 e. The van der Waals surface area contributed by atoms with Gasteiger partial charge in [0.05, 0.1) is 11.6 Å². The van der Waals surface area contributed by atoms with Crippen LogP contribution in [0.1, 0.15) is 13.3 Å². The van der Waals surface area contributed by atoms with E-state index in [1.807, 2.05) is 6.92 Å². The first-order valence-corrected chi connectivity index (χ1v) is 7.40. The van der Waals surface area contributed by atoms with Crippen molar-refractivity contribution in [2.45, 2.75) is 25.4 Å². The van der Waals surface area contributed by atoms with Crippen LogP contribution in [0, 0.1) is 11.3 Å². The van der Waals surface area contributed by atoms with Crippen molar-refractivity contribution in [3.63, 3.8) is 0 Å². The van der Waals surface area contributed by atoms with Gasteiger partial charge in [0, 0.05) is 0 Å². The van der Waals surface area contributed by atoms with Crippen molar-refractivity contribution < 1.29 is 0 Å². The Morgan fingerprint density at radius 2 is 2.11 bits per heavy atom. The molecule has 0 N–H and O–H groups in total. The van der Waals surface area contributed by atoms with E-state index in [1.165, 1.54) is 0 Å². The predicted molar refractivity (Wildman–Crippen MR) is 43.0 cm³/mol. The van der Waals surface area contributed by atoms with Crippen LogP contribution in [0.2, 0.25) is 12.1 Å². The van der Waals surface area contributed by atoms with Gasteiger partial charge in [-0.15, -0.1) is 22.2 Å². The molecule has 0 aliphatic rings. The Labute approximate surface area is 66.0 Å². The van der Waals surface area contributed by atoms with Crippen molar-refractivity contribution >= 4 is 28.9 Å². The maximum absolute atomic E-state index is 8.48. The highest BCUT2D eigenvalue weighted by atomic mass is 35.7. The lowest BCUT2D eigenvalue weighted by Crippen LogP contribution is -2.20. The summed E-state index contributed by atoms with van der Waals surface area (Å²) in [6, 6.07) is 2.09. The predicted octanol–water partition coefficient (Wildman–Crippen LogP) is 2.84. The quantitative estimate of drug-likeness (QED) is 0.475. The van der Waals surface area contributed by atoms with E-state index in [1.54, 1.807) is 6.55 Å². The first-order valence-electron chi connectivity index (χ1n) is 2.79. The summed E-state index contributed by atoms with van der Waals surface area (Å²) in [5, 5.41) is 8.48. The van der Waals surface area contributed by atoms with Crippen molar-refractivity contribution in [1.29, 1.82) is 5.26 Å². The van der Waals surface area contributed by atoms with E-state index in [2.05, 4.69) is 6.07 Å². The number of hydrogen-bond donors (Lipinski definition) is 0. The number of halogens is 2. The molecule has 0 radical (unpaired) electrons. The van der Waals surface area contributed by atoms with Gasteiger partial charge in [-0.2, -0.15) is 5.26 Å². The molecular weight excluding hydrogens is 173 g/mol. The van der Waals surface area contributed by atoms with Crippen LogP contribution in [0.4, 0.5) is 0 Å². The monoisotopic (exact) mass is 181 g/mol. The second-order valence-corrected chi connectivity index (χ2v) is 9.95. The van der Waals surface area contributed by atoms with E-state index in [-0.39, 0.29) is 5.54 Å². The van der Waals surface area contributed by atoms with E-state index < -0.39 is 6.69 Å². The minimum absolute atomic E-state index is 0.124. The minimum atomic E-state index is -2.20. The van der Waals surface area contributed by atoms with Crippen LogP contribution in [-0.2, 0) is 0 Å². The lowest BCUT2D eigenvalue weighted by atomic mass is 10.4. The molecule has 0 fully saturated rings. The van der Waals surface area contributed by atoms with Gasteiger partial charge in [0.15, 0.2) is 0 Å². The van der Waals surface area contributed by atoms with Crippen LogP contribution >= 0.6 is 22.2 Å². The topological polar surface area (TPSA) is 23.8 Å². The lowest BCUT2D eigenvalue weighted by molar-refractivity contribution is 0.945. The summed E-state index contributed by atoms with van der Waals surface area (Å²) < 4.78 is 0. The fraction of sp³-hybridized carbons (Fsp3) is 0.800. The van der Waals surface area contributed by atoms with E-state index in [4.69, 9.17) is 27.4 Å². The number of nitrogens with zero attached hydrogens (tertiary/aromatic N) is 1. The molecule has 0 rings (SSSR count). The Kier molecular flexibility index (Phi) is 3.56. The van der Waals surface area contributed by atoms with Crippen LogP contribution in [0.15, 0.2) is 0 Å². The molecule has 0 aromatic heterocycles. The Bertz CT molecular complexity index is 124. The van der Waals surface area contributed by atoms with Crippen molar-refractivity contribution in [2.24, 2.45) is 0 Å². The summed E-state index contributed by atoms with van der Waals surface area (Å²) in [5.74, 6) is 0. The first kappa shape index (κ1) is 9.29. The van der Waals surface area contributed by atoms with Gasteiger partial charge >= 0.3 is 0 Å². The molecule has 0 bridgehead atoms. The van der Waals surface area contributed by atoms with Gasteiger partial charge in [0.1, 0.15) is 0 Å². The zero-order valence-corrected chi connectivity index (χ0v) is 8.00. The van der Waals surface area contributed by atoms with Crippen LogP contribution < -0.4 is 0 Å². The molecule has 0 aromatic rings. The molecule has 0 amide bonds. The molecule has 4 heteroatoms. The van der Waals surface area contributed by atoms with Gasteiger partial charge in [0.25, 0.3) is 6.69 Å². The standard InChI is InChI=1S/C5H9Cl2NSi/c1-3-5(4-8)9(2,6)7/h5H,3H2,1-2H3. The third-order valence-electron chi connectivity index (χ3n) is 1.18. The summed E-state index contributed by atoms with van der Waals surface area (Å²) in [6.45, 7) is 1.49. The Hall–Kier alpha value is 0.287. The molecule has 52 valence electrons. The smallest absolute Gasteiger partial charge is 0.198 e. The van der Waals surface area contributed by atoms with Crippen molar-refractivity contribution in [1.82, 2.24) is 0 Å². The van der Waals surface area contributed by atoms with Crippen molar-refractivity contribution in [2.75, 3.05) is 0 Å². The molecule has 1 atom stereocenters. The number of rotatable bonds is 2. The summed E-state index contributed by atoms with van der Waals surface area (Å²) in [7, 11) is 0. The third-order valence-corrected chi connectivity index (χ3v) is 4.52. The van der Waals surface area contributed by atoms with Crippen LogP contribution in [0.3, 0.4) is 0 Å². The first-order chi connectivity index (χ1) is 4.02. The number of hydrogen-bond acceptors (Lipinski definition) is 1. The van der Waals surface area contributed by atoms with Crippen LogP contribution in [0.5, 0.6) is 0 Å². The number of nitriles is 1. The molecule has 1 nitrogen and oxygen atoms in total. The Morgan fingerprint density at radius 1 is 1.67 bits per heavy atom. The Morgan fingerprint density at radius 3 is 2.11 bits per heavy atom.